The van der Waals surface area contributed by atoms with Gasteiger partial charge in [-0.1, -0.05) is 0 Å². The number of aromatic nitrogens is 2. The van der Waals surface area contributed by atoms with Crippen molar-refractivity contribution in [2.24, 2.45) is 0 Å². The van der Waals surface area contributed by atoms with E-state index in [1.54, 1.807) is 0 Å². The number of amides is 1. The molecule has 2 heterocycles. The number of rotatable bonds is 6. The van der Waals surface area contributed by atoms with Gasteiger partial charge >= 0.3 is 0 Å². The largest absolute Gasteiger partial charge is 0.360 e. The van der Waals surface area contributed by atoms with Crippen LogP contribution < -0.4 is 5.32 Å². The molecule has 1 amide bonds. The van der Waals surface area contributed by atoms with Gasteiger partial charge in [-0.15, -0.1) is 0 Å². The van der Waals surface area contributed by atoms with Crippen molar-refractivity contribution in [2.45, 2.75) is 38.0 Å². The second kappa shape index (κ2) is 5.22. The van der Waals surface area contributed by atoms with Crippen molar-refractivity contribution in [3.05, 3.63) is 5.82 Å². The first-order chi connectivity index (χ1) is 8.83. The summed E-state index contributed by atoms with van der Waals surface area (Å²) in [5.74, 6) is 1.94. The summed E-state index contributed by atoms with van der Waals surface area (Å²) in [5, 5.41) is 4.21. The molecule has 0 radical (unpaired) electrons. The fraction of sp³-hybridized carbons (Fsp3) is 0.750. The Balaban J connectivity index is 1.37. The molecule has 3 rings (SSSR count). The molecule has 1 aromatic heterocycles. The minimum absolute atomic E-state index is 0.307. The monoisotopic (exact) mass is 266 g/mol. The Hall–Kier alpha value is -1.17. The minimum Gasteiger partial charge on any atom is -0.360 e. The summed E-state index contributed by atoms with van der Waals surface area (Å²) in [5.41, 5.74) is 0. The first kappa shape index (κ1) is 11.9. The smallest absolute Gasteiger partial charge is 0.222 e. The second-order valence-corrected chi connectivity index (χ2v) is 5.75. The van der Waals surface area contributed by atoms with E-state index in [-0.39, 0.29) is 0 Å². The molecule has 1 aliphatic heterocycles. The molecular weight excluding hydrogens is 248 g/mol. The normalized spacial score (nSPS) is 19.6. The van der Waals surface area contributed by atoms with Gasteiger partial charge in [0.05, 0.1) is 0 Å². The Bertz CT molecular complexity index is 429. The van der Waals surface area contributed by atoms with Gasteiger partial charge < -0.3 is 10.2 Å². The Morgan fingerprint density at radius 3 is 3.06 bits per heavy atom. The maximum absolute atomic E-state index is 11.4. The lowest BCUT2D eigenvalue weighted by Gasteiger charge is -2.14. The second-order valence-electron chi connectivity index (χ2n) is 5.00. The van der Waals surface area contributed by atoms with Crippen LogP contribution in [0, 0.1) is 0 Å². The van der Waals surface area contributed by atoms with E-state index in [1.165, 1.54) is 24.4 Å². The molecule has 1 aromatic rings. The lowest BCUT2D eigenvalue weighted by molar-refractivity contribution is -0.127. The molecule has 0 bridgehead atoms. The van der Waals surface area contributed by atoms with Crippen LogP contribution in [0.2, 0.25) is 0 Å². The van der Waals surface area contributed by atoms with Crippen LogP contribution in [-0.2, 0) is 4.79 Å². The highest BCUT2D eigenvalue weighted by Crippen LogP contribution is 2.39. The summed E-state index contributed by atoms with van der Waals surface area (Å²) in [6.07, 6.45) is 5.21. The summed E-state index contributed by atoms with van der Waals surface area (Å²) in [6.45, 7) is 2.66. The van der Waals surface area contributed by atoms with E-state index >= 15 is 0 Å². The molecule has 1 saturated carbocycles. The third kappa shape index (κ3) is 2.80. The summed E-state index contributed by atoms with van der Waals surface area (Å²) in [4.78, 5) is 17.8. The van der Waals surface area contributed by atoms with Gasteiger partial charge in [-0.3, -0.25) is 4.79 Å². The van der Waals surface area contributed by atoms with E-state index in [2.05, 4.69) is 14.7 Å². The molecule has 0 atom stereocenters. The Kier molecular flexibility index (Phi) is 3.45. The van der Waals surface area contributed by atoms with Gasteiger partial charge in [-0.25, -0.2) is 4.98 Å². The van der Waals surface area contributed by atoms with Crippen molar-refractivity contribution in [1.29, 1.82) is 0 Å². The molecule has 1 aliphatic carbocycles. The number of carbonyl (C=O) groups is 1. The van der Waals surface area contributed by atoms with Gasteiger partial charge in [0.15, 0.2) is 0 Å². The van der Waals surface area contributed by atoms with Gasteiger partial charge in [-0.05, 0) is 25.7 Å². The maximum Gasteiger partial charge on any atom is 0.222 e. The zero-order valence-corrected chi connectivity index (χ0v) is 11.2. The van der Waals surface area contributed by atoms with E-state index in [0.717, 1.165) is 49.9 Å². The topological polar surface area (TPSA) is 58.1 Å². The van der Waals surface area contributed by atoms with Crippen molar-refractivity contribution in [1.82, 2.24) is 14.3 Å². The van der Waals surface area contributed by atoms with Crippen LogP contribution in [0.25, 0.3) is 0 Å². The van der Waals surface area contributed by atoms with Crippen LogP contribution in [0.5, 0.6) is 0 Å². The van der Waals surface area contributed by atoms with Crippen LogP contribution in [0.15, 0.2) is 0 Å². The quantitative estimate of drug-likeness (QED) is 0.798. The molecule has 5 nitrogen and oxygen atoms in total. The highest BCUT2D eigenvalue weighted by Gasteiger charge is 2.27. The number of likely N-dealkylation sites (tertiary alicyclic amines) is 1. The maximum atomic E-state index is 11.4. The van der Waals surface area contributed by atoms with E-state index in [4.69, 9.17) is 0 Å². The molecule has 18 heavy (non-hydrogen) atoms. The summed E-state index contributed by atoms with van der Waals surface area (Å²) >= 11 is 1.45. The van der Waals surface area contributed by atoms with Crippen LogP contribution in [0.3, 0.4) is 0 Å². The molecule has 0 aromatic carbocycles. The van der Waals surface area contributed by atoms with Gasteiger partial charge in [0.1, 0.15) is 5.82 Å². The van der Waals surface area contributed by atoms with Gasteiger partial charge in [-0.2, -0.15) is 4.37 Å². The molecular formula is C12H18N4OS. The molecule has 0 spiro atoms. The van der Waals surface area contributed by atoms with Crippen LogP contribution >= 0.6 is 11.5 Å². The predicted molar refractivity (Wildman–Crippen MR) is 70.8 cm³/mol. The van der Waals surface area contributed by atoms with Crippen molar-refractivity contribution in [2.75, 3.05) is 25.0 Å². The lowest BCUT2D eigenvalue weighted by atomic mass is 10.4. The third-order valence-corrected chi connectivity index (χ3v) is 4.12. The van der Waals surface area contributed by atoms with Crippen LogP contribution in [-0.4, -0.2) is 39.8 Å². The lowest BCUT2D eigenvalue weighted by Crippen LogP contribution is -2.26. The Morgan fingerprint density at radius 2 is 2.33 bits per heavy atom. The molecule has 98 valence electrons. The number of hydrogen-bond acceptors (Lipinski definition) is 5. The molecule has 1 saturated heterocycles. The molecule has 0 unspecified atom stereocenters. The van der Waals surface area contributed by atoms with Crippen molar-refractivity contribution < 1.29 is 4.79 Å². The highest BCUT2D eigenvalue weighted by molar-refractivity contribution is 7.09. The average Bonchev–Trinajstić information content (AvgIpc) is 2.98. The van der Waals surface area contributed by atoms with Crippen LogP contribution in [0.4, 0.5) is 5.13 Å². The minimum atomic E-state index is 0.307. The Morgan fingerprint density at radius 1 is 1.44 bits per heavy atom. The van der Waals surface area contributed by atoms with Crippen LogP contribution in [0.1, 0.15) is 43.8 Å². The van der Waals surface area contributed by atoms with E-state index in [1.807, 2.05) is 4.90 Å². The zero-order valence-electron chi connectivity index (χ0n) is 10.4. The summed E-state index contributed by atoms with van der Waals surface area (Å²) in [6, 6.07) is 0. The first-order valence-electron chi connectivity index (χ1n) is 6.68. The van der Waals surface area contributed by atoms with Gasteiger partial charge in [0.2, 0.25) is 11.0 Å². The van der Waals surface area contributed by atoms with E-state index < -0.39 is 0 Å². The molecule has 2 aliphatic rings. The third-order valence-electron chi connectivity index (χ3n) is 3.44. The molecule has 1 N–H and O–H groups in total. The number of nitrogens with zero attached hydrogens (tertiary/aromatic N) is 3. The SMILES string of the molecule is O=C1CCCN1CCCNc1nc(C2CC2)ns1. The first-order valence-corrected chi connectivity index (χ1v) is 7.45. The molecule has 2 fully saturated rings. The molecule has 6 heteroatoms. The standard InChI is InChI=1S/C12H18N4OS/c17-10-3-1-7-16(10)8-2-6-13-12-14-11(15-18-12)9-4-5-9/h9H,1-8H2,(H,13,14,15). The van der Waals surface area contributed by atoms with Gasteiger partial charge in [0.25, 0.3) is 0 Å². The van der Waals surface area contributed by atoms with E-state index in [9.17, 15) is 4.79 Å². The van der Waals surface area contributed by atoms with Crippen molar-refractivity contribution in [3.8, 4) is 0 Å². The number of carbonyl (C=O) groups excluding carboxylic acids is 1. The average molecular weight is 266 g/mol. The van der Waals surface area contributed by atoms with Crippen molar-refractivity contribution in [3.63, 3.8) is 0 Å². The number of hydrogen-bond donors (Lipinski definition) is 1. The Labute approximate surface area is 111 Å². The highest BCUT2D eigenvalue weighted by atomic mass is 32.1. The summed E-state index contributed by atoms with van der Waals surface area (Å²) < 4.78 is 4.35. The van der Waals surface area contributed by atoms with Crippen molar-refractivity contribution >= 4 is 22.6 Å². The fourth-order valence-electron chi connectivity index (χ4n) is 2.22. The number of anilines is 1. The predicted octanol–water partition coefficient (Wildman–Crippen LogP) is 1.84. The van der Waals surface area contributed by atoms with Gasteiger partial charge in [0, 0.05) is 43.5 Å². The fourth-order valence-corrected chi connectivity index (χ4v) is 2.89. The number of nitrogens with one attached hydrogen (secondary N) is 1. The van der Waals surface area contributed by atoms with E-state index in [0.29, 0.717) is 11.8 Å². The summed E-state index contributed by atoms with van der Waals surface area (Å²) in [7, 11) is 0. The zero-order chi connectivity index (χ0) is 12.4.